The number of aromatic nitrogens is 2. The summed E-state index contributed by atoms with van der Waals surface area (Å²) in [5, 5.41) is 14.4. The van der Waals surface area contributed by atoms with Gasteiger partial charge in [0.25, 0.3) is 5.91 Å². The van der Waals surface area contributed by atoms with Crippen molar-refractivity contribution in [2.75, 3.05) is 18.4 Å². The highest BCUT2D eigenvalue weighted by Gasteiger charge is 2.26. The summed E-state index contributed by atoms with van der Waals surface area (Å²) in [6, 6.07) is 14.1. The van der Waals surface area contributed by atoms with Gasteiger partial charge in [0, 0.05) is 35.8 Å². The molecule has 1 saturated heterocycles. The van der Waals surface area contributed by atoms with Gasteiger partial charge in [-0.1, -0.05) is 17.7 Å². The number of sulfonamides is 1. The molecule has 42 heavy (non-hydrogen) atoms. The third-order valence-electron chi connectivity index (χ3n) is 7.42. The summed E-state index contributed by atoms with van der Waals surface area (Å²) in [5.41, 5.74) is 6.44. The zero-order valence-corrected chi connectivity index (χ0v) is 25.2. The molecular formula is C31H36N6O4S. The summed E-state index contributed by atoms with van der Waals surface area (Å²) in [7, 11) is -3.68. The van der Waals surface area contributed by atoms with Crippen LogP contribution in [0.4, 0.5) is 5.69 Å². The highest BCUT2D eigenvalue weighted by Crippen LogP contribution is 2.28. The summed E-state index contributed by atoms with van der Waals surface area (Å²) in [4.78, 5) is 24.8. The predicted octanol–water partition coefficient (Wildman–Crippen LogP) is 3.66. The summed E-state index contributed by atoms with van der Waals surface area (Å²) >= 11 is 0. The minimum Gasteiger partial charge on any atom is -0.381 e. The van der Waals surface area contributed by atoms with E-state index in [1.807, 2.05) is 71.0 Å². The van der Waals surface area contributed by atoms with Gasteiger partial charge in [-0.2, -0.15) is 5.10 Å². The van der Waals surface area contributed by atoms with Crippen LogP contribution >= 0.6 is 0 Å². The first kappa shape index (κ1) is 29.3. The quantitative estimate of drug-likeness (QED) is 0.236. The number of hydrogen-bond acceptors (Lipinski definition) is 6. The van der Waals surface area contributed by atoms with Gasteiger partial charge in [-0.05, 0) is 94.1 Å². The fourth-order valence-electron chi connectivity index (χ4n) is 5.53. The number of amides is 2. The molecule has 0 radical (unpaired) electrons. The number of aryl methyl sites for hydroxylation is 4. The Morgan fingerprint density at radius 1 is 1.05 bits per heavy atom. The normalized spacial score (nSPS) is 15.9. The van der Waals surface area contributed by atoms with Crippen LogP contribution < -0.4 is 20.7 Å². The fraction of sp³-hybridized carbons (Fsp3) is 0.323. The number of carbonyl (C=O) groups is 2. The van der Waals surface area contributed by atoms with Crippen LogP contribution in [-0.2, 0) is 14.8 Å². The van der Waals surface area contributed by atoms with Crippen LogP contribution in [0, 0.1) is 27.7 Å². The number of anilines is 1. The molecule has 2 amide bonds. The lowest BCUT2D eigenvalue weighted by Crippen LogP contribution is -2.40. The van der Waals surface area contributed by atoms with Gasteiger partial charge < -0.3 is 16.0 Å². The molecule has 0 spiro atoms. The Balaban J connectivity index is 1.31. The van der Waals surface area contributed by atoms with Crippen molar-refractivity contribution in [3.05, 3.63) is 82.5 Å². The van der Waals surface area contributed by atoms with Crippen LogP contribution in [0.5, 0.6) is 0 Å². The topological polar surface area (TPSA) is 134 Å². The van der Waals surface area contributed by atoms with Crippen molar-refractivity contribution in [3.8, 4) is 5.69 Å². The Morgan fingerprint density at radius 3 is 2.36 bits per heavy atom. The first-order valence-electron chi connectivity index (χ1n) is 13.9. The highest BCUT2D eigenvalue weighted by molar-refractivity contribution is 7.89. The molecule has 1 aliphatic rings. The summed E-state index contributed by atoms with van der Waals surface area (Å²) in [5.74, 6) is -0.459. The minimum atomic E-state index is -3.68. The van der Waals surface area contributed by atoms with Crippen molar-refractivity contribution in [1.29, 1.82) is 0 Å². The van der Waals surface area contributed by atoms with E-state index < -0.39 is 16.1 Å². The van der Waals surface area contributed by atoms with Gasteiger partial charge >= 0.3 is 0 Å². The first-order valence-corrected chi connectivity index (χ1v) is 15.4. The third-order valence-corrected chi connectivity index (χ3v) is 9.14. The van der Waals surface area contributed by atoms with Crippen molar-refractivity contribution in [1.82, 2.24) is 25.1 Å². The van der Waals surface area contributed by atoms with E-state index in [9.17, 15) is 18.0 Å². The second-order valence-electron chi connectivity index (χ2n) is 11.1. The van der Waals surface area contributed by atoms with E-state index in [1.165, 1.54) is 0 Å². The van der Waals surface area contributed by atoms with Crippen LogP contribution in [-0.4, -0.2) is 55.2 Å². The molecule has 1 aromatic heterocycles. The van der Waals surface area contributed by atoms with Gasteiger partial charge in [0.15, 0.2) is 0 Å². The zero-order chi connectivity index (χ0) is 30.2. The maximum Gasteiger partial charge on any atom is 0.251 e. The number of nitrogens with one attached hydrogen (secondary N) is 4. The first-order chi connectivity index (χ1) is 19.9. The van der Waals surface area contributed by atoms with Gasteiger partial charge in [-0.25, -0.2) is 17.8 Å². The average molecular weight is 589 g/mol. The monoisotopic (exact) mass is 588 g/mol. The smallest absolute Gasteiger partial charge is 0.251 e. The number of hydrogen-bond donors (Lipinski definition) is 4. The largest absolute Gasteiger partial charge is 0.381 e. The van der Waals surface area contributed by atoms with Crippen molar-refractivity contribution < 1.29 is 18.0 Å². The Hall–Kier alpha value is -4.22. The van der Waals surface area contributed by atoms with Crippen LogP contribution in [0.25, 0.3) is 16.6 Å². The lowest BCUT2D eigenvalue weighted by molar-refractivity contribution is -0.120. The van der Waals surface area contributed by atoms with E-state index >= 15 is 0 Å². The third kappa shape index (κ3) is 6.02. The lowest BCUT2D eigenvalue weighted by atomic mass is 10.1. The molecule has 1 aliphatic heterocycles. The second-order valence-corrected chi connectivity index (χ2v) is 12.8. The molecule has 0 unspecified atom stereocenters. The van der Waals surface area contributed by atoms with Gasteiger partial charge in [0.2, 0.25) is 15.9 Å². The summed E-state index contributed by atoms with van der Waals surface area (Å²) < 4.78 is 30.8. The number of benzene rings is 3. The Labute approximate surface area is 245 Å². The Morgan fingerprint density at radius 2 is 1.71 bits per heavy atom. The van der Waals surface area contributed by atoms with E-state index in [0.29, 0.717) is 23.4 Å². The van der Waals surface area contributed by atoms with Crippen LogP contribution in [0.1, 0.15) is 46.0 Å². The number of rotatable bonds is 9. The molecule has 0 bridgehead atoms. The van der Waals surface area contributed by atoms with Gasteiger partial charge in [0.1, 0.15) is 6.04 Å². The number of nitrogens with zero attached hydrogens (tertiary/aromatic N) is 2. The molecule has 3 aromatic carbocycles. The van der Waals surface area contributed by atoms with Crippen LogP contribution in [0.3, 0.4) is 0 Å². The summed E-state index contributed by atoms with van der Waals surface area (Å²) in [6.07, 6.45) is 2.35. The molecule has 1 fully saturated rings. The zero-order valence-electron chi connectivity index (χ0n) is 24.4. The SMILES string of the molecule is Cc1cc(C)c(S(=O)(=O)NC[C@@H](C)Nc2cc(C)cc3c2cnn3-c2ccc(C(=O)N[C@H]3CCNC3=O)cc2)c(C)c1. The molecule has 2 heterocycles. The fourth-order valence-corrected chi connectivity index (χ4v) is 7.11. The van der Waals surface area contributed by atoms with E-state index in [0.717, 1.165) is 44.5 Å². The number of carbonyl (C=O) groups excluding carboxylic acids is 2. The lowest BCUT2D eigenvalue weighted by Gasteiger charge is -2.19. The predicted molar refractivity (Wildman–Crippen MR) is 164 cm³/mol. The molecule has 0 aliphatic carbocycles. The molecule has 0 saturated carbocycles. The maximum absolute atomic E-state index is 13.1. The van der Waals surface area contributed by atoms with E-state index in [4.69, 9.17) is 0 Å². The van der Waals surface area contributed by atoms with Gasteiger partial charge in [-0.15, -0.1) is 0 Å². The Bertz CT molecular complexity index is 1760. The minimum absolute atomic E-state index is 0.161. The van der Waals surface area contributed by atoms with Gasteiger partial charge in [-0.3, -0.25) is 9.59 Å². The second kappa shape index (κ2) is 11.6. The van der Waals surface area contributed by atoms with E-state index in [2.05, 4.69) is 25.8 Å². The van der Waals surface area contributed by atoms with Crippen molar-refractivity contribution in [2.45, 2.75) is 58.0 Å². The average Bonchev–Trinajstić information content (AvgIpc) is 3.52. The molecule has 4 aromatic rings. The number of fused-ring (bicyclic) bond motifs is 1. The van der Waals surface area contributed by atoms with E-state index in [-0.39, 0.29) is 24.4 Å². The summed E-state index contributed by atoms with van der Waals surface area (Å²) in [6.45, 7) is 10.3. The highest BCUT2D eigenvalue weighted by atomic mass is 32.2. The van der Waals surface area contributed by atoms with Crippen molar-refractivity contribution in [3.63, 3.8) is 0 Å². The van der Waals surface area contributed by atoms with Crippen molar-refractivity contribution >= 4 is 38.4 Å². The van der Waals surface area contributed by atoms with Crippen LogP contribution in [0.2, 0.25) is 0 Å². The molecule has 4 N–H and O–H groups in total. The maximum atomic E-state index is 13.1. The molecule has 5 rings (SSSR count). The van der Waals surface area contributed by atoms with E-state index in [1.54, 1.807) is 23.0 Å². The van der Waals surface area contributed by atoms with Crippen molar-refractivity contribution in [2.24, 2.45) is 0 Å². The molecular weight excluding hydrogens is 552 g/mol. The van der Waals surface area contributed by atoms with Crippen LogP contribution in [0.15, 0.2) is 59.6 Å². The molecule has 220 valence electrons. The molecule has 2 atom stereocenters. The Kier molecular flexibility index (Phi) is 8.07. The standard InChI is InChI=1S/C31H36N6O4S/c1-18-12-20(3)29(21(4)13-18)42(40,41)34-16-22(5)35-27-14-19(2)15-28-25(27)17-33-37(28)24-8-6-23(7-9-24)30(38)36-26-10-11-32-31(26)39/h6-9,12-15,17,22,26,34-35H,10-11,16H2,1-5H3,(H,32,39)(H,36,38)/t22-,26+/m1/s1. The van der Waals surface area contributed by atoms with Gasteiger partial charge in [0.05, 0.1) is 22.3 Å². The molecule has 10 nitrogen and oxygen atoms in total. The molecule has 11 heteroatoms.